The minimum absolute atomic E-state index is 0.609. The van der Waals surface area contributed by atoms with Gasteiger partial charge in [0, 0.05) is 15.7 Å². The van der Waals surface area contributed by atoms with Crippen molar-refractivity contribution in [2.75, 3.05) is 25.3 Å². The van der Waals surface area contributed by atoms with Gasteiger partial charge in [-0.25, -0.2) is 0 Å². The molecule has 100 valence electrons. The maximum atomic E-state index is 6.02. The lowest BCUT2D eigenvalue weighted by molar-refractivity contribution is 0.355. The van der Waals surface area contributed by atoms with E-state index < -0.39 is 0 Å². The van der Waals surface area contributed by atoms with Gasteiger partial charge in [0.15, 0.2) is 11.5 Å². The lowest BCUT2D eigenvalue weighted by Gasteiger charge is -2.14. The number of rotatable bonds is 4. The summed E-state index contributed by atoms with van der Waals surface area (Å²) in [6.07, 6.45) is 0. The minimum atomic E-state index is 0.609. The van der Waals surface area contributed by atoms with Crippen molar-refractivity contribution >= 4 is 39.7 Å². The van der Waals surface area contributed by atoms with Gasteiger partial charge in [-0.15, -0.1) is 0 Å². The van der Waals surface area contributed by atoms with Gasteiger partial charge >= 0.3 is 0 Å². The molecule has 0 aromatic heterocycles. The molecular weight excluding hydrogens is 355 g/mol. The third-order valence-corrected chi connectivity index (χ3v) is 3.64. The maximum absolute atomic E-state index is 6.02. The largest absolute Gasteiger partial charge is 0.493 e. The molecule has 0 heterocycles. The molecule has 0 spiro atoms. The molecule has 0 atom stereocenters. The maximum Gasteiger partial charge on any atom is 0.162 e. The van der Waals surface area contributed by atoms with Gasteiger partial charge in [-0.2, -0.15) is 0 Å². The third kappa shape index (κ3) is 3.04. The summed E-state index contributed by atoms with van der Waals surface area (Å²) in [6.45, 7) is 0. The molecule has 0 aliphatic heterocycles. The normalized spacial score (nSPS) is 10.1. The Labute approximate surface area is 126 Å². The number of nitrogens with two attached hydrogens (primary N) is 1. The number of anilines is 3. The average Bonchev–Trinajstić information content (AvgIpc) is 2.42. The summed E-state index contributed by atoms with van der Waals surface area (Å²) in [5.41, 5.74) is 8.42. The molecule has 2 aromatic rings. The van der Waals surface area contributed by atoms with Gasteiger partial charge in [0.05, 0.1) is 31.3 Å². The number of methoxy groups -OCH3 is 2. The molecule has 0 fully saturated rings. The highest BCUT2D eigenvalue weighted by Crippen LogP contribution is 2.36. The van der Waals surface area contributed by atoms with E-state index in [4.69, 9.17) is 15.2 Å². The Morgan fingerprint density at radius 2 is 1.63 bits per heavy atom. The van der Waals surface area contributed by atoms with Crippen molar-refractivity contribution in [1.82, 2.24) is 0 Å². The Bertz CT molecular complexity index is 588. The molecule has 0 saturated carbocycles. The van der Waals surface area contributed by atoms with Gasteiger partial charge in [-0.05, 0) is 34.7 Å². The smallest absolute Gasteiger partial charge is 0.162 e. The molecule has 0 radical (unpaired) electrons. The predicted octanol–water partition coefficient (Wildman–Crippen LogP) is 3.63. The second kappa shape index (κ2) is 6.01. The summed E-state index contributed by atoms with van der Waals surface area (Å²) < 4.78 is 11.6. The number of ether oxygens (including phenoxy) is 2. The zero-order chi connectivity index (χ0) is 13.8. The van der Waals surface area contributed by atoms with Crippen LogP contribution >= 0.6 is 22.6 Å². The highest BCUT2D eigenvalue weighted by atomic mass is 127. The molecule has 3 N–H and O–H groups in total. The zero-order valence-electron chi connectivity index (χ0n) is 10.7. The molecule has 2 rings (SSSR count). The summed E-state index contributed by atoms with van der Waals surface area (Å²) in [4.78, 5) is 0. The second-order valence-electron chi connectivity index (χ2n) is 3.90. The van der Waals surface area contributed by atoms with Crippen molar-refractivity contribution in [1.29, 1.82) is 0 Å². The number of nitrogens with one attached hydrogen (secondary N) is 1. The monoisotopic (exact) mass is 370 g/mol. The molecule has 0 unspecified atom stereocenters. The fraction of sp³-hybridized carbons (Fsp3) is 0.143. The first-order chi connectivity index (χ1) is 9.15. The topological polar surface area (TPSA) is 56.5 Å². The molecule has 5 heteroatoms. The van der Waals surface area contributed by atoms with Gasteiger partial charge in [0.25, 0.3) is 0 Å². The standard InChI is InChI=1S/C14H15IN2O2/c1-18-13-7-10(16)12(8-14(13)19-2)17-11-6-4-3-5-9(11)15/h3-8,17H,16H2,1-2H3. The van der Waals surface area contributed by atoms with Crippen molar-refractivity contribution in [3.63, 3.8) is 0 Å². The molecule has 0 amide bonds. The predicted molar refractivity (Wildman–Crippen MR) is 86.4 cm³/mol. The molecular formula is C14H15IN2O2. The van der Waals surface area contributed by atoms with Gasteiger partial charge in [-0.1, -0.05) is 12.1 Å². The lowest BCUT2D eigenvalue weighted by atomic mass is 10.2. The van der Waals surface area contributed by atoms with Crippen LogP contribution in [0.2, 0.25) is 0 Å². The highest BCUT2D eigenvalue weighted by Gasteiger charge is 2.10. The van der Waals surface area contributed by atoms with Crippen LogP contribution in [0.15, 0.2) is 36.4 Å². The number of hydrogen-bond donors (Lipinski definition) is 2. The fourth-order valence-corrected chi connectivity index (χ4v) is 2.23. The minimum Gasteiger partial charge on any atom is -0.493 e. The number of nitrogen functional groups attached to an aromatic ring is 1. The molecule has 0 saturated heterocycles. The average molecular weight is 370 g/mol. The van der Waals surface area contributed by atoms with E-state index in [9.17, 15) is 0 Å². The van der Waals surface area contributed by atoms with Gasteiger partial charge < -0.3 is 20.5 Å². The van der Waals surface area contributed by atoms with Gasteiger partial charge in [0.2, 0.25) is 0 Å². The number of benzene rings is 2. The third-order valence-electron chi connectivity index (χ3n) is 2.70. The van der Waals surface area contributed by atoms with Crippen LogP contribution in [0.5, 0.6) is 11.5 Å². The molecule has 0 bridgehead atoms. The van der Waals surface area contributed by atoms with E-state index in [0.717, 1.165) is 14.9 Å². The van der Waals surface area contributed by atoms with E-state index in [-0.39, 0.29) is 0 Å². The van der Waals surface area contributed by atoms with E-state index in [1.807, 2.05) is 30.3 Å². The van der Waals surface area contributed by atoms with E-state index in [1.54, 1.807) is 20.3 Å². The zero-order valence-corrected chi connectivity index (χ0v) is 12.9. The molecule has 0 aliphatic rings. The van der Waals surface area contributed by atoms with E-state index >= 15 is 0 Å². The van der Waals surface area contributed by atoms with Crippen molar-refractivity contribution in [3.8, 4) is 11.5 Å². The number of para-hydroxylation sites is 1. The van der Waals surface area contributed by atoms with Crippen molar-refractivity contribution in [2.45, 2.75) is 0 Å². The Hall–Kier alpha value is -1.63. The highest BCUT2D eigenvalue weighted by molar-refractivity contribution is 14.1. The Morgan fingerprint density at radius 1 is 1.00 bits per heavy atom. The van der Waals surface area contributed by atoms with Crippen LogP contribution in [0.3, 0.4) is 0 Å². The first-order valence-electron chi connectivity index (χ1n) is 5.68. The molecule has 0 aliphatic carbocycles. The molecule has 19 heavy (non-hydrogen) atoms. The second-order valence-corrected chi connectivity index (χ2v) is 5.06. The first-order valence-corrected chi connectivity index (χ1v) is 6.76. The van der Waals surface area contributed by atoms with E-state index in [2.05, 4.69) is 27.9 Å². The lowest BCUT2D eigenvalue weighted by Crippen LogP contribution is -2.00. The van der Waals surface area contributed by atoms with Crippen LogP contribution in [0.1, 0.15) is 0 Å². The van der Waals surface area contributed by atoms with Crippen molar-refractivity contribution < 1.29 is 9.47 Å². The first kappa shape index (κ1) is 13.8. The van der Waals surface area contributed by atoms with Crippen LogP contribution in [0.4, 0.5) is 17.1 Å². The van der Waals surface area contributed by atoms with Crippen LogP contribution in [-0.2, 0) is 0 Å². The summed E-state index contributed by atoms with van der Waals surface area (Å²) >= 11 is 2.27. The number of hydrogen-bond acceptors (Lipinski definition) is 4. The Kier molecular flexibility index (Phi) is 4.36. The van der Waals surface area contributed by atoms with Crippen LogP contribution in [-0.4, -0.2) is 14.2 Å². The molecule has 4 nitrogen and oxygen atoms in total. The fourth-order valence-electron chi connectivity index (χ4n) is 1.71. The molecule has 2 aromatic carbocycles. The van der Waals surface area contributed by atoms with Crippen LogP contribution in [0.25, 0.3) is 0 Å². The van der Waals surface area contributed by atoms with E-state index in [1.165, 1.54) is 0 Å². The van der Waals surface area contributed by atoms with Crippen molar-refractivity contribution in [3.05, 3.63) is 40.0 Å². The summed E-state index contributed by atoms with van der Waals surface area (Å²) in [7, 11) is 3.19. The summed E-state index contributed by atoms with van der Waals surface area (Å²) in [5.74, 6) is 1.26. The summed E-state index contributed by atoms with van der Waals surface area (Å²) in [6, 6.07) is 11.6. The quantitative estimate of drug-likeness (QED) is 0.638. The SMILES string of the molecule is COc1cc(N)c(Nc2ccccc2I)cc1OC. The number of halogens is 1. The van der Waals surface area contributed by atoms with Crippen molar-refractivity contribution in [2.24, 2.45) is 0 Å². The van der Waals surface area contributed by atoms with Gasteiger partial charge in [-0.3, -0.25) is 0 Å². The summed E-state index contributed by atoms with van der Waals surface area (Å²) in [5, 5.41) is 3.30. The Morgan fingerprint density at radius 3 is 2.26 bits per heavy atom. The van der Waals surface area contributed by atoms with Crippen LogP contribution in [0, 0.1) is 3.57 Å². The van der Waals surface area contributed by atoms with Crippen LogP contribution < -0.4 is 20.5 Å². The Balaban J connectivity index is 2.38. The van der Waals surface area contributed by atoms with E-state index in [0.29, 0.717) is 17.2 Å². The van der Waals surface area contributed by atoms with Gasteiger partial charge in [0.1, 0.15) is 0 Å².